The van der Waals surface area contributed by atoms with Gasteiger partial charge >= 0.3 is 0 Å². The molecule has 1 aliphatic heterocycles. The average Bonchev–Trinajstić information content (AvgIpc) is 2.79. The Balaban J connectivity index is 2.17. The summed E-state index contributed by atoms with van der Waals surface area (Å²) in [5.74, 6) is -0.391. The van der Waals surface area contributed by atoms with Crippen LogP contribution in [0.5, 0.6) is 0 Å². The highest BCUT2D eigenvalue weighted by atomic mass is 19.1. The Morgan fingerprint density at radius 3 is 2.72 bits per heavy atom. The van der Waals surface area contributed by atoms with Crippen LogP contribution in [0.25, 0.3) is 0 Å². The van der Waals surface area contributed by atoms with Crippen molar-refractivity contribution in [2.24, 2.45) is 5.92 Å². The maximum atomic E-state index is 13.9. The van der Waals surface area contributed by atoms with Gasteiger partial charge in [-0.15, -0.1) is 0 Å². The fourth-order valence-corrected chi connectivity index (χ4v) is 2.62. The molecular weight excluding hydrogens is 234 g/mol. The summed E-state index contributed by atoms with van der Waals surface area (Å²) in [6, 6.07) is 3.88. The Bertz CT molecular complexity index is 401. The third kappa shape index (κ3) is 3.06. The lowest BCUT2D eigenvalue weighted by Crippen LogP contribution is -2.24. The van der Waals surface area contributed by atoms with E-state index in [1.54, 1.807) is 6.07 Å². The molecule has 1 aromatic carbocycles. The Kier molecular flexibility index (Phi) is 4.30. The summed E-state index contributed by atoms with van der Waals surface area (Å²) in [6.07, 6.45) is 2.04. The molecule has 0 aromatic heterocycles. The van der Waals surface area contributed by atoms with E-state index < -0.39 is 11.6 Å². The zero-order valence-electron chi connectivity index (χ0n) is 10.9. The van der Waals surface area contributed by atoms with Crippen molar-refractivity contribution < 1.29 is 8.78 Å². The highest BCUT2D eigenvalue weighted by Crippen LogP contribution is 2.30. The molecule has 0 spiro atoms. The van der Waals surface area contributed by atoms with Crippen LogP contribution in [-0.4, -0.2) is 32.1 Å². The van der Waals surface area contributed by atoms with E-state index in [4.69, 9.17) is 0 Å². The molecule has 0 saturated carbocycles. The van der Waals surface area contributed by atoms with Gasteiger partial charge in [-0.05, 0) is 52.0 Å². The second-order valence-corrected chi connectivity index (χ2v) is 5.24. The first-order valence-electron chi connectivity index (χ1n) is 6.40. The van der Waals surface area contributed by atoms with Gasteiger partial charge in [0.25, 0.3) is 0 Å². The molecule has 2 atom stereocenters. The van der Waals surface area contributed by atoms with Gasteiger partial charge in [0.05, 0.1) is 0 Å². The Labute approximate surface area is 107 Å². The molecule has 2 rings (SSSR count). The largest absolute Gasteiger partial charge is 0.316 e. The molecule has 0 amide bonds. The van der Waals surface area contributed by atoms with E-state index in [1.165, 1.54) is 6.07 Å². The van der Waals surface area contributed by atoms with Gasteiger partial charge in [0.15, 0.2) is 0 Å². The van der Waals surface area contributed by atoms with E-state index in [0.717, 1.165) is 32.0 Å². The van der Waals surface area contributed by atoms with E-state index in [0.29, 0.717) is 11.5 Å². The van der Waals surface area contributed by atoms with Gasteiger partial charge in [0, 0.05) is 17.7 Å². The number of halogens is 2. The number of nitrogens with zero attached hydrogens (tertiary/aromatic N) is 1. The van der Waals surface area contributed by atoms with Crippen LogP contribution in [-0.2, 0) is 0 Å². The van der Waals surface area contributed by atoms with E-state index in [-0.39, 0.29) is 6.04 Å². The molecule has 0 aliphatic carbocycles. The van der Waals surface area contributed by atoms with Gasteiger partial charge in [0.1, 0.15) is 11.6 Å². The molecule has 1 fully saturated rings. The monoisotopic (exact) mass is 254 g/mol. The fourth-order valence-electron chi connectivity index (χ4n) is 2.62. The predicted octanol–water partition coefficient (Wildman–Crippen LogP) is 2.57. The highest BCUT2D eigenvalue weighted by molar-refractivity contribution is 5.22. The van der Waals surface area contributed by atoms with E-state index in [1.807, 2.05) is 19.0 Å². The first kappa shape index (κ1) is 13.4. The molecule has 1 aromatic rings. The maximum Gasteiger partial charge on any atom is 0.130 e. The van der Waals surface area contributed by atoms with Gasteiger partial charge in [-0.1, -0.05) is 6.07 Å². The van der Waals surface area contributed by atoms with Crippen LogP contribution in [0.2, 0.25) is 0 Å². The normalized spacial score (nSPS) is 21.5. The van der Waals surface area contributed by atoms with Gasteiger partial charge < -0.3 is 10.2 Å². The van der Waals surface area contributed by atoms with Crippen molar-refractivity contribution >= 4 is 0 Å². The van der Waals surface area contributed by atoms with Crippen molar-refractivity contribution in [3.8, 4) is 0 Å². The lowest BCUT2D eigenvalue weighted by Gasteiger charge is -2.27. The maximum absolute atomic E-state index is 13.9. The van der Waals surface area contributed by atoms with Crippen LogP contribution in [0.4, 0.5) is 8.78 Å². The molecule has 4 heteroatoms. The minimum Gasteiger partial charge on any atom is -0.316 e. The predicted molar refractivity (Wildman–Crippen MR) is 68.4 cm³/mol. The summed E-state index contributed by atoms with van der Waals surface area (Å²) in [5.41, 5.74) is 0.591. The SMILES string of the molecule is CN(C)C(CC1CCNC1)c1ccc(F)cc1F. The van der Waals surface area contributed by atoms with Crippen LogP contribution < -0.4 is 5.32 Å². The summed E-state index contributed by atoms with van der Waals surface area (Å²) in [5, 5.41) is 3.32. The van der Waals surface area contributed by atoms with Crippen LogP contribution in [0.1, 0.15) is 24.4 Å². The van der Waals surface area contributed by atoms with E-state index in [2.05, 4.69) is 5.32 Å². The first-order valence-corrected chi connectivity index (χ1v) is 6.40. The molecule has 1 heterocycles. The second kappa shape index (κ2) is 5.76. The highest BCUT2D eigenvalue weighted by Gasteiger charge is 2.24. The van der Waals surface area contributed by atoms with E-state index in [9.17, 15) is 8.78 Å². The first-order chi connectivity index (χ1) is 8.58. The molecule has 1 saturated heterocycles. The molecule has 100 valence electrons. The van der Waals surface area contributed by atoms with Crippen LogP contribution in [0, 0.1) is 17.6 Å². The Morgan fingerprint density at radius 1 is 1.39 bits per heavy atom. The summed E-state index contributed by atoms with van der Waals surface area (Å²) in [4.78, 5) is 2.01. The van der Waals surface area contributed by atoms with E-state index >= 15 is 0 Å². The smallest absolute Gasteiger partial charge is 0.130 e. The van der Waals surface area contributed by atoms with Gasteiger partial charge in [0.2, 0.25) is 0 Å². The van der Waals surface area contributed by atoms with Crippen LogP contribution >= 0.6 is 0 Å². The fraction of sp³-hybridized carbons (Fsp3) is 0.571. The zero-order chi connectivity index (χ0) is 13.1. The molecular formula is C14H20F2N2. The zero-order valence-corrected chi connectivity index (χ0v) is 10.9. The summed E-state index contributed by atoms with van der Waals surface area (Å²) < 4.78 is 26.8. The van der Waals surface area contributed by atoms with Gasteiger partial charge in [-0.25, -0.2) is 8.78 Å². The van der Waals surface area contributed by atoms with Gasteiger partial charge in [-0.2, -0.15) is 0 Å². The molecule has 1 N–H and O–H groups in total. The molecule has 0 bridgehead atoms. The van der Waals surface area contributed by atoms with Crippen LogP contribution in [0.3, 0.4) is 0 Å². The summed E-state index contributed by atoms with van der Waals surface area (Å²) >= 11 is 0. The second-order valence-electron chi connectivity index (χ2n) is 5.24. The molecule has 18 heavy (non-hydrogen) atoms. The topological polar surface area (TPSA) is 15.3 Å². The third-order valence-corrected chi connectivity index (χ3v) is 3.66. The van der Waals surface area contributed by atoms with Crippen molar-refractivity contribution in [3.05, 3.63) is 35.4 Å². The van der Waals surface area contributed by atoms with Crippen molar-refractivity contribution in [3.63, 3.8) is 0 Å². The number of rotatable bonds is 4. The lowest BCUT2D eigenvalue weighted by atomic mass is 9.93. The summed E-state index contributed by atoms with van der Waals surface area (Å²) in [7, 11) is 3.88. The minimum absolute atomic E-state index is 0.00972. The molecule has 0 radical (unpaired) electrons. The van der Waals surface area contributed by atoms with Crippen molar-refractivity contribution in [2.45, 2.75) is 18.9 Å². The van der Waals surface area contributed by atoms with Crippen LogP contribution in [0.15, 0.2) is 18.2 Å². The van der Waals surface area contributed by atoms with Crippen molar-refractivity contribution in [2.75, 3.05) is 27.2 Å². The Morgan fingerprint density at radius 2 is 2.17 bits per heavy atom. The third-order valence-electron chi connectivity index (χ3n) is 3.66. The number of nitrogens with one attached hydrogen (secondary N) is 1. The number of hydrogen-bond donors (Lipinski definition) is 1. The molecule has 2 unspecified atom stereocenters. The average molecular weight is 254 g/mol. The molecule has 1 aliphatic rings. The van der Waals surface area contributed by atoms with Gasteiger partial charge in [-0.3, -0.25) is 0 Å². The van der Waals surface area contributed by atoms with Crippen molar-refractivity contribution in [1.82, 2.24) is 10.2 Å². The molecule has 2 nitrogen and oxygen atoms in total. The number of hydrogen-bond acceptors (Lipinski definition) is 2. The summed E-state index contributed by atoms with van der Waals surface area (Å²) in [6.45, 7) is 2.03. The van der Waals surface area contributed by atoms with Crippen molar-refractivity contribution in [1.29, 1.82) is 0 Å². The Hall–Kier alpha value is -1.00. The standard InChI is InChI=1S/C14H20F2N2/c1-18(2)14(7-10-5-6-17-9-10)12-4-3-11(15)8-13(12)16/h3-4,8,10,14,17H,5-7,9H2,1-2H3. The number of benzene rings is 1. The minimum atomic E-state index is -0.517. The lowest BCUT2D eigenvalue weighted by molar-refractivity contribution is 0.247. The quantitative estimate of drug-likeness (QED) is 0.888.